The fraction of sp³-hybridized carbons (Fsp3) is 0.643. The smallest absolute Gasteiger partial charge is 0.314 e. The van der Waals surface area contributed by atoms with Crippen LogP contribution in [0.25, 0.3) is 0 Å². The van der Waals surface area contributed by atoms with Gasteiger partial charge in [-0.15, -0.1) is 0 Å². The summed E-state index contributed by atoms with van der Waals surface area (Å²) in [5.74, 6) is -0.306. The van der Waals surface area contributed by atoms with Crippen LogP contribution < -0.4 is 10.6 Å². The normalized spacial score (nSPS) is 10.3. The van der Waals surface area contributed by atoms with Gasteiger partial charge in [-0.1, -0.05) is 0 Å². The number of esters is 1. The number of ether oxygens (including phenoxy) is 1. The zero-order valence-electron chi connectivity index (χ0n) is 13.2. The molecule has 1 aromatic rings. The average Bonchev–Trinajstić information content (AvgIpc) is 2.65. The number of nitrogens with zero attached hydrogens (tertiary/aromatic N) is 2. The second-order valence-corrected chi connectivity index (χ2v) is 4.76. The lowest BCUT2D eigenvalue weighted by atomic mass is 10.1. The monoisotopic (exact) mass is 296 g/mol. The second-order valence-electron chi connectivity index (χ2n) is 4.76. The third kappa shape index (κ3) is 5.45. The Morgan fingerprint density at radius 3 is 2.48 bits per heavy atom. The van der Waals surface area contributed by atoms with E-state index in [1.807, 2.05) is 25.6 Å². The predicted octanol–water partition coefficient (Wildman–Crippen LogP) is 0.832. The molecule has 1 rings (SSSR count). The Labute approximate surface area is 125 Å². The van der Waals surface area contributed by atoms with Crippen molar-refractivity contribution in [3.63, 3.8) is 0 Å². The molecule has 118 valence electrons. The van der Waals surface area contributed by atoms with E-state index in [2.05, 4.69) is 15.7 Å². The first-order valence-corrected chi connectivity index (χ1v) is 7.12. The maximum absolute atomic E-state index is 11.6. The van der Waals surface area contributed by atoms with Gasteiger partial charge < -0.3 is 15.4 Å². The molecule has 2 amide bonds. The molecule has 0 saturated heterocycles. The molecule has 7 heteroatoms. The molecule has 0 aliphatic heterocycles. The highest BCUT2D eigenvalue weighted by atomic mass is 16.5. The number of amides is 2. The quantitative estimate of drug-likeness (QED) is 0.730. The van der Waals surface area contributed by atoms with Crippen molar-refractivity contribution in [1.29, 1.82) is 0 Å². The number of aryl methyl sites for hydroxylation is 2. The van der Waals surface area contributed by atoms with Gasteiger partial charge >= 0.3 is 12.0 Å². The number of rotatable bonds is 7. The number of hydrogen-bond acceptors (Lipinski definition) is 4. The number of aromatic nitrogens is 2. The molecule has 21 heavy (non-hydrogen) atoms. The number of carbonyl (C=O) groups is 2. The van der Waals surface area contributed by atoms with Gasteiger partial charge in [-0.25, -0.2) is 4.79 Å². The van der Waals surface area contributed by atoms with Crippen LogP contribution in [0, 0.1) is 13.8 Å². The Balaban J connectivity index is 2.23. The topological polar surface area (TPSA) is 85.2 Å². The van der Waals surface area contributed by atoms with Crippen molar-refractivity contribution >= 4 is 12.0 Å². The van der Waals surface area contributed by atoms with Crippen LogP contribution >= 0.6 is 0 Å². The van der Waals surface area contributed by atoms with Gasteiger partial charge in [0.05, 0.1) is 18.7 Å². The molecule has 1 heterocycles. The molecule has 0 aliphatic rings. The van der Waals surface area contributed by atoms with E-state index in [1.54, 1.807) is 6.92 Å². The lowest BCUT2D eigenvalue weighted by Gasteiger charge is -2.07. The minimum Gasteiger partial charge on any atom is -0.466 e. The van der Waals surface area contributed by atoms with Crippen molar-refractivity contribution < 1.29 is 14.3 Å². The minimum absolute atomic E-state index is 0.183. The maximum atomic E-state index is 11.6. The third-order valence-corrected chi connectivity index (χ3v) is 3.24. The van der Waals surface area contributed by atoms with E-state index in [1.165, 1.54) is 0 Å². The zero-order chi connectivity index (χ0) is 15.8. The van der Waals surface area contributed by atoms with Gasteiger partial charge in [0, 0.05) is 25.8 Å². The molecule has 7 nitrogen and oxygen atoms in total. The molecule has 0 radical (unpaired) electrons. The van der Waals surface area contributed by atoms with E-state index in [0.29, 0.717) is 13.2 Å². The van der Waals surface area contributed by atoms with Crippen LogP contribution in [0.15, 0.2) is 0 Å². The van der Waals surface area contributed by atoms with Crippen LogP contribution in [-0.2, 0) is 23.0 Å². The fourth-order valence-corrected chi connectivity index (χ4v) is 2.05. The summed E-state index contributed by atoms with van der Waals surface area (Å²) >= 11 is 0. The summed E-state index contributed by atoms with van der Waals surface area (Å²) in [6.07, 6.45) is 0.916. The molecular formula is C14H24N4O3. The summed E-state index contributed by atoms with van der Waals surface area (Å²) in [5, 5.41) is 9.71. The first-order valence-electron chi connectivity index (χ1n) is 7.12. The van der Waals surface area contributed by atoms with Crippen LogP contribution in [0.2, 0.25) is 0 Å². The fourth-order valence-electron chi connectivity index (χ4n) is 2.05. The lowest BCUT2D eigenvalue weighted by Crippen LogP contribution is -2.37. The van der Waals surface area contributed by atoms with Crippen molar-refractivity contribution in [2.75, 3.05) is 19.7 Å². The molecule has 1 aromatic heterocycles. The highest BCUT2D eigenvalue weighted by Crippen LogP contribution is 2.11. The lowest BCUT2D eigenvalue weighted by molar-refractivity contribution is -0.142. The summed E-state index contributed by atoms with van der Waals surface area (Å²) in [6, 6.07) is -0.279. The predicted molar refractivity (Wildman–Crippen MR) is 79.0 cm³/mol. The van der Waals surface area contributed by atoms with Crippen LogP contribution in [-0.4, -0.2) is 41.5 Å². The van der Waals surface area contributed by atoms with E-state index in [9.17, 15) is 9.59 Å². The molecule has 0 aliphatic carbocycles. The van der Waals surface area contributed by atoms with E-state index in [4.69, 9.17) is 4.74 Å². The van der Waals surface area contributed by atoms with Crippen molar-refractivity contribution in [3.05, 3.63) is 17.0 Å². The summed E-state index contributed by atoms with van der Waals surface area (Å²) in [4.78, 5) is 22.7. The Kier molecular flexibility index (Phi) is 6.71. The molecule has 0 fully saturated rings. The van der Waals surface area contributed by atoms with Crippen LogP contribution in [0.5, 0.6) is 0 Å². The van der Waals surface area contributed by atoms with Gasteiger partial charge in [-0.2, -0.15) is 5.10 Å². The van der Waals surface area contributed by atoms with Gasteiger partial charge in [-0.3, -0.25) is 9.48 Å². The minimum atomic E-state index is -0.306. The van der Waals surface area contributed by atoms with E-state index < -0.39 is 0 Å². The van der Waals surface area contributed by atoms with Crippen molar-refractivity contribution in [2.45, 2.75) is 33.6 Å². The Morgan fingerprint density at radius 1 is 1.24 bits per heavy atom. The molecule has 0 unspecified atom stereocenters. The van der Waals surface area contributed by atoms with Crippen molar-refractivity contribution in [2.24, 2.45) is 7.05 Å². The van der Waals surface area contributed by atoms with Crippen LogP contribution in [0.3, 0.4) is 0 Å². The van der Waals surface area contributed by atoms with Gasteiger partial charge in [0.25, 0.3) is 0 Å². The highest BCUT2D eigenvalue weighted by molar-refractivity contribution is 5.75. The summed E-state index contributed by atoms with van der Waals surface area (Å²) in [5.41, 5.74) is 3.25. The standard InChI is InChI=1S/C14H24N4O3/c1-5-21-13(19)7-9-16-14(20)15-8-6-12-10(2)17-18(4)11(12)3/h5-9H2,1-4H3,(H2,15,16,20). The van der Waals surface area contributed by atoms with E-state index in [0.717, 1.165) is 23.4 Å². The SMILES string of the molecule is CCOC(=O)CCNC(=O)NCCc1c(C)nn(C)c1C. The van der Waals surface area contributed by atoms with Gasteiger partial charge in [0.15, 0.2) is 0 Å². The maximum Gasteiger partial charge on any atom is 0.314 e. The van der Waals surface area contributed by atoms with E-state index >= 15 is 0 Å². The number of nitrogens with one attached hydrogen (secondary N) is 2. The van der Waals surface area contributed by atoms with Gasteiger partial charge in [0.2, 0.25) is 0 Å². The van der Waals surface area contributed by atoms with Crippen LogP contribution in [0.1, 0.15) is 30.3 Å². The van der Waals surface area contributed by atoms with E-state index in [-0.39, 0.29) is 25.0 Å². The summed E-state index contributed by atoms with van der Waals surface area (Å²) < 4.78 is 6.61. The van der Waals surface area contributed by atoms with Crippen LogP contribution in [0.4, 0.5) is 4.79 Å². The molecular weight excluding hydrogens is 272 g/mol. The molecule has 0 atom stereocenters. The average molecular weight is 296 g/mol. The Hall–Kier alpha value is -2.05. The summed E-state index contributed by atoms with van der Waals surface area (Å²) in [7, 11) is 1.90. The van der Waals surface area contributed by atoms with Gasteiger partial charge in [0.1, 0.15) is 0 Å². The zero-order valence-corrected chi connectivity index (χ0v) is 13.2. The number of urea groups is 1. The molecule has 2 N–H and O–H groups in total. The third-order valence-electron chi connectivity index (χ3n) is 3.24. The molecule has 0 spiro atoms. The summed E-state index contributed by atoms with van der Waals surface area (Å²) in [6.45, 7) is 6.88. The number of hydrogen-bond donors (Lipinski definition) is 2. The number of carbonyl (C=O) groups excluding carboxylic acids is 2. The molecule has 0 saturated carbocycles. The van der Waals surface area contributed by atoms with Crippen molar-refractivity contribution in [3.8, 4) is 0 Å². The largest absolute Gasteiger partial charge is 0.466 e. The second kappa shape index (κ2) is 8.28. The first kappa shape index (κ1) is 17.0. The first-order chi connectivity index (χ1) is 9.95. The molecule has 0 aromatic carbocycles. The Morgan fingerprint density at radius 2 is 1.90 bits per heavy atom. The van der Waals surface area contributed by atoms with Gasteiger partial charge in [-0.05, 0) is 32.8 Å². The Bertz CT molecular complexity index is 497. The van der Waals surface area contributed by atoms with Crippen molar-refractivity contribution in [1.82, 2.24) is 20.4 Å². The highest BCUT2D eigenvalue weighted by Gasteiger charge is 2.09. The molecule has 0 bridgehead atoms.